The van der Waals surface area contributed by atoms with Crippen LogP contribution in [0.25, 0.3) is 16.9 Å². The molecule has 3 heterocycles. The van der Waals surface area contributed by atoms with E-state index >= 15 is 0 Å². The van der Waals surface area contributed by atoms with Crippen molar-refractivity contribution in [3.8, 4) is 16.9 Å². The van der Waals surface area contributed by atoms with E-state index in [4.69, 9.17) is 14.6 Å². The van der Waals surface area contributed by atoms with Crippen LogP contribution in [0, 0.1) is 6.92 Å². The molecular formula is C25H27N3O3S. The van der Waals surface area contributed by atoms with Crippen LogP contribution in [-0.4, -0.2) is 53.6 Å². The molecule has 1 saturated heterocycles. The minimum atomic E-state index is -0.359. The number of benzene rings is 2. The van der Waals surface area contributed by atoms with Gasteiger partial charge >= 0.3 is 5.97 Å². The predicted molar refractivity (Wildman–Crippen MR) is 125 cm³/mol. The van der Waals surface area contributed by atoms with E-state index in [0.29, 0.717) is 18.1 Å². The molecule has 1 aromatic heterocycles. The van der Waals surface area contributed by atoms with Crippen molar-refractivity contribution >= 4 is 17.7 Å². The van der Waals surface area contributed by atoms with Crippen molar-refractivity contribution in [2.45, 2.75) is 31.0 Å². The third kappa shape index (κ3) is 4.08. The lowest BCUT2D eigenvalue weighted by Crippen LogP contribution is -2.35. The maximum absolute atomic E-state index is 12.7. The molecule has 0 atom stereocenters. The maximum Gasteiger partial charge on any atom is 0.359 e. The highest BCUT2D eigenvalue weighted by atomic mass is 32.2. The third-order valence-electron chi connectivity index (χ3n) is 5.91. The van der Waals surface area contributed by atoms with Crippen LogP contribution in [0.4, 0.5) is 0 Å². The van der Waals surface area contributed by atoms with Gasteiger partial charge in [-0.05, 0) is 43.2 Å². The lowest BCUT2D eigenvalue weighted by molar-refractivity contribution is 0.0342. The third-order valence-corrected chi connectivity index (χ3v) is 6.99. The summed E-state index contributed by atoms with van der Waals surface area (Å²) >= 11 is 1.75. The van der Waals surface area contributed by atoms with Crippen molar-refractivity contribution in [3.63, 3.8) is 0 Å². The van der Waals surface area contributed by atoms with Crippen LogP contribution >= 0.6 is 11.8 Å². The second kappa shape index (κ2) is 9.10. The zero-order chi connectivity index (χ0) is 22.1. The van der Waals surface area contributed by atoms with Gasteiger partial charge in [0.2, 0.25) is 0 Å². The Morgan fingerprint density at radius 2 is 1.94 bits per heavy atom. The standard InChI is InChI=1S/C25H27N3O3S/c1-3-31-25(29)23-21-16-32-22-14-17(2)4-9-20(22)24(21)28(26-23)19-7-5-18(6-8-19)15-27-10-12-30-13-11-27/h4-9,14H,3,10-13,15-16H2,1-2H3. The van der Waals surface area contributed by atoms with Gasteiger partial charge in [-0.15, -0.1) is 11.8 Å². The summed E-state index contributed by atoms with van der Waals surface area (Å²) in [5.74, 6) is 0.345. The van der Waals surface area contributed by atoms with Gasteiger partial charge in [-0.1, -0.05) is 24.3 Å². The summed E-state index contributed by atoms with van der Waals surface area (Å²) < 4.78 is 12.7. The van der Waals surface area contributed by atoms with Crippen molar-refractivity contribution in [2.75, 3.05) is 32.9 Å². The second-order valence-electron chi connectivity index (χ2n) is 8.15. The molecule has 0 saturated carbocycles. The fraction of sp³-hybridized carbons (Fsp3) is 0.360. The van der Waals surface area contributed by atoms with E-state index in [9.17, 15) is 4.79 Å². The van der Waals surface area contributed by atoms with Crippen molar-refractivity contribution in [1.82, 2.24) is 14.7 Å². The summed E-state index contributed by atoms with van der Waals surface area (Å²) in [4.78, 5) is 16.3. The number of morpholine rings is 1. The molecule has 0 aliphatic carbocycles. The average molecular weight is 450 g/mol. The van der Waals surface area contributed by atoms with E-state index in [1.54, 1.807) is 11.8 Å². The number of nitrogens with zero attached hydrogens (tertiary/aromatic N) is 3. The minimum absolute atomic E-state index is 0.333. The summed E-state index contributed by atoms with van der Waals surface area (Å²) in [5.41, 5.74) is 6.89. The highest BCUT2D eigenvalue weighted by Crippen LogP contribution is 2.44. The number of carbonyl (C=O) groups excluding carboxylic acids is 1. The number of fused-ring (bicyclic) bond motifs is 3. The molecule has 7 heteroatoms. The number of aromatic nitrogens is 2. The molecule has 0 spiro atoms. The van der Waals surface area contributed by atoms with Crippen molar-refractivity contribution in [3.05, 3.63) is 64.8 Å². The highest BCUT2D eigenvalue weighted by molar-refractivity contribution is 7.98. The van der Waals surface area contributed by atoms with Crippen LogP contribution in [0.3, 0.4) is 0 Å². The fourth-order valence-corrected chi connectivity index (χ4v) is 5.43. The molecule has 1 fully saturated rings. The Labute approximate surface area is 192 Å². The molecule has 6 nitrogen and oxygen atoms in total. The summed E-state index contributed by atoms with van der Waals surface area (Å²) in [6.07, 6.45) is 0. The van der Waals surface area contributed by atoms with E-state index in [-0.39, 0.29) is 5.97 Å². The van der Waals surface area contributed by atoms with E-state index in [1.807, 2.05) is 11.6 Å². The van der Waals surface area contributed by atoms with E-state index in [2.05, 4.69) is 54.3 Å². The quantitative estimate of drug-likeness (QED) is 0.536. The zero-order valence-corrected chi connectivity index (χ0v) is 19.3. The summed E-state index contributed by atoms with van der Waals surface area (Å²) in [6.45, 7) is 8.69. The van der Waals surface area contributed by atoms with Crippen LogP contribution < -0.4 is 0 Å². The second-order valence-corrected chi connectivity index (χ2v) is 9.17. The molecule has 5 rings (SSSR count). The average Bonchev–Trinajstić information content (AvgIpc) is 3.20. The lowest BCUT2D eigenvalue weighted by atomic mass is 10.0. The number of carbonyl (C=O) groups is 1. The van der Waals surface area contributed by atoms with Crippen LogP contribution in [0.5, 0.6) is 0 Å². The number of hydrogen-bond donors (Lipinski definition) is 0. The van der Waals surface area contributed by atoms with Gasteiger partial charge in [-0.3, -0.25) is 4.90 Å². The summed E-state index contributed by atoms with van der Waals surface area (Å²) in [5, 5.41) is 4.75. The normalized spacial score (nSPS) is 15.8. The maximum atomic E-state index is 12.7. The van der Waals surface area contributed by atoms with Gasteiger partial charge in [0, 0.05) is 41.4 Å². The smallest absolute Gasteiger partial charge is 0.359 e. The number of aryl methyl sites for hydroxylation is 1. The fourth-order valence-electron chi connectivity index (χ4n) is 4.27. The molecule has 0 radical (unpaired) electrons. The molecule has 2 aromatic carbocycles. The number of hydrogen-bond acceptors (Lipinski definition) is 6. The molecule has 2 aliphatic rings. The molecule has 2 aliphatic heterocycles. The van der Waals surface area contributed by atoms with Gasteiger partial charge in [0.15, 0.2) is 5.69 Å². The van der Waals surface area contributed by atoms with Gasteiger partial charge in [0.25, 0.3) is 0 Å². The van der Waals surface area contributed by atoms with Crippen molar-refractivity contribution < 1.29 is 14.3 Å². The Kier molecular flexibility index (Phi) is 6.04. The van der Waals surface area contributed by atoms with Crippen LogP contribution in [-0.2, 0) is 21.8 Å². The van der Waals surface area contributed by atoms with Crippen molar-refractivity contribution in [2.24, 2.45) is 0 Å². The van der Waals surface area contributed by atoms with Crippen LogP contribution in [0.2, 0.25) is 0 Å². The largest absolute Gasteiger partial charge is 0.461 e. The highest BCUT2D eigenvalue weighted by Gasteiger charge is 2.30. The number of ether oxygens (including phenoxy) is 2. The number of rotatable bonds is 5. The van der Waals surface area contributed by atoms with Crippen LogP contribution in [0.15, 0.2) is 47.4 Å². The van der Waals surface area contributed by atoms with E-state index < -0.39 is 0 Å². The Hall–Kier alpha value is -2.61. The first-order valence-corrected chi connectivity index (χ1v) is 12.0. The van der Waals surface area contributed by atoms with E-state index in [1.165, 1.54) is 16.0 Å². The molecule has 0 unspecified atom stereocenters. The summed E-state index contributed by atoms with van der Waals surface area (Å²) in [7, 11) is 0. The number of thioether (sulfide) groups is 1. The Balaban J connectivity index is 1.53. The van der Waals surface area contributed by atoms with Gasteiger partial charge in [-0.2, -0.15) is 5.10 Å². The zero-order valence-electron chi connectivity index (χ0n) is 18.5. The van der Waals surface area contributed by atoms with Gasteiger partial charge in [0.05, 0.1) is 31.2 Å². The molecule has 32 heavy (non-hydrogen) atoms. The van der Waals surface area contributed by atoms with Gasteiger partial charge in [0.1, 0.15) is 0 Å². The predicted octanol–water partition coefficient (Wildman–Crippen LogP) is 4.46. The molecule has 0 amide bonds. The van der Waals surface area contributed by atoms with Crippen molar-refractivity contribution in [1.29, 1.82) is 0 Å². The van der Waals surface area contributed by atoms with E-state index in [0.717, 1.165) is 55.4 Å². The molecule has 3 aromatic rings. The summed E-state index contributed by atoms with van der Waals surface area (Å²) in [6, 6.07) is 14.9. The SMILES string of the molecule is CCOC(=O)c1nn(-c2ccc(CN3CCOCC3)cc2)c2c1CSc1cc(C)ccc1-2. The minimum Gasteiger partial charge on any atom is -0.461 e. The number of esters is 1. The molecule has 0 bridgehead atoms. The van der Waals surface area contributed by atoms with Crippen LogP contribution in [0.1, 0.15) is 34.1 Å². The van der Waals surface area contributed by atoms with Gasteiger partial charge in [-0.25, -0.2) is 9.48 Å². The first-order chi connectivity index (χ1) is 15.6. The lowest BCUT2D eigenvalue weighted by Gasteiger charge is -2.26. The van der Waals surface area contributed by atoms with Gasteiger partial charge < -0.3 is 9.47 Å². The molecular weight excluding hydrogens is 422 g/mol. The Morgan fingerprint density at radius 3 is 2.69 bits per heavy atom. The Morgan fingerprint density at radius 1 is 1.16 bits per heavy atom. The molecule has 0 N–H and O–H groups in total. The first kappa shape index (κ1) is 21.2. The monoisotopic (exact) mass is 449 g/mol. The first-order valence-electron chi connectivity index (χ1n) is 11.1. The molecule has 166 valence electrons. The Bertz CT molecular complexity index is 1130. The topological polar surface area (TPSA) is 56.6 Å².